The second-order valence-corrected chi connectivity index (χ2v) is 4.03. The Kier molecular flexibility index (Phi) is 3.54. The topological polar surface area (TPSA) is 41.9 Å². The van der Waals surface area contributed by atoms with Crippen LogP contribution in [0.5, 0.6) is 0 Å². The summed E-state index contributed by atoms with van der Waals surface area (Å²) >= 11 is 0. The van der Waals surface area contributed by atoms with Crippen molar-refractivity contribution >= 4 is 12.1 Å². The number of carbonyl (C=O) groups excluding carboxylic acids is 1. The first-order valence-electron chi connectivity index (χ1n) is 5.63. The molecule has 1 heterocycles. The van der Waals surface area contributed by atoms with E-state index in [2.05, 4.69) is 17.1 Å². The molecule has 0 saturated carbocycles. The molecule has 0 atom stereocenters. The van der Waals surface area contributed by atoms with E-state index in [1.165, 1.54) is 28.9 Å². The minimum atomic E-state index is -0.0102. The molecule has 0 fully saturated rings. The van der Waals surface area contributed by atoms with E-state index in [1.807, 2.05) is 12.3 Å². The fraction of sp³-hybridized carbons (Fsp3) is 0.385. The molecular formula is C13H16N2O2. The van der Waals surface area contributed by atoms with E-state index in [4.69, 9.17) is 4.84 Å². The maximum atomic E-state index is 11.6. The Hall–Kier alpha value is -1.68. The molecule has 0 aromatic heterocycles. The molecule has 2 rings (SSSR count). The average molecular weight is 232 g/mol. The summed E-state index contributed by atoms with van der Waals surface area (Å²) in [5, 5.41) is 1.26. The largest absolute Gasteiger partial charge is 0.288 e. The Morgan fingerprint density at radius 2 is 2.35 bits per heavy atom. The Morgan fingerprint density at radius 3 is 3.12 bits per heavy atom. The highest BCUT2D eigenvalue weighted by Crippen LogP contribution is 2.20. The monoisotopic (exact) mass is 232 g/mol. The number of amides is 1. The number of aryl methyl sites for hydroxylation is 1. The summed E-state index contributed by atoms with van der Waals surface area (Å²) in [5.74, 6) is -0.0102. The van der Waals surface area contributed by atoms with Crippen molar-refractivity contribution in [2.24, 2.45) is 4.99 Å². The average Bonchev–Trinajstić information content (AvgIpc) is 2.83. The quantitative estimate of drug-likeness (QED) is 0.739. The Bertz CT molecular complexity index is 455. The van der Waals surface area contributed by atoms with Crippen LogP contribution in [0, 0.1) is 0 Å². The molecule has 1 aliphatic rings. The Balaban J connectivity index is 2.01. The van der Waals surface area contributed by atoms with Crippen LogP contribution in [0.4, 0.5) is 0 Å². The number of rotatable bonds is 4. The van der Waals surface area contributed by atoms with Crippen LogP contribution >= 0.6 is 0 Å². The molecule has 0 radical (unpaired) electrons. The van der Waals surface area contributed by atoms with Gasteiger partial charge >= 0.3 is 0 Å². The summed E-state index contributed by atoms with van der Waals surface area (Å²) in [6.45, 7) is 0.736. The fourth-order valence-electron chi connectivity index (χ4n) is 1.94. The van der Waals surface area contributed by atoms with Crippen LogP contribution in [0.2, 0.25) is 0 Å². The molecular weight excluding hydrogens is 216 g/mol. The van der Waals surface area contributed by atoms with Crippen LogP contribution in [0.15, 0.2) is 23.2 Å². The van der Waals surface area contributed by atoms with Gasteiger partial charge in [-0.2, -0.15) is 0 Å². The minimum Gasteiger partial charge on any atom is -0.288 e. The number of hydroxylamine groups is 2. The van der Waals surface area contributed by atoms with Crippen LogP contribution in [-0.2, 0) is 22.6 Å². The van der Waals surface area contributed by atoms with Gasteiger partial charge in [-0.1, -0.05) is 18.2 Å². The molecule has 1 aromatic rings. The van der Waals surface area contributed by atoms with Gasteiger partial charge in [-0.25, -0.2) is 5.06 Å². The van der Waals surface area contributed by atoms with Gasteiger partial charge in [0.15, 0.2) is 0 Å². The molecule has 0 spiro atoms. The molecule has 17 heavy (non-hydrogen) atoms. The predicted octanol–water partition coefficient (Wildman–Crippen LogP) is 1.57. The zero-order valence-electron chi connectivity index (χ0n) is 10.1. The summed E-state index contributed by atoms with van der Waals surface area (Å²) in [6, 6.07) is 6.13. The van der Waals surface area contributed by atoms with E-state index >= 15 is 0 Å². The van der Waals surface area contributed by atoms with Gasteiger partial charge in [0.1, 0.15) is 0 Å². The lowest BCUT2D eigenvalue weighted by atomic mass is 9.99. The van der Waals surface area contributed by atoms with E-state index in [0.29, 0.717) is 6.42 Å². The second-order valence-electron chi connectivity index (χ2n) is 4.03. The van der Waals surface area contributed by atoms with Crippen molar-refractivity contribution in [1.29, 1.82) is 0 Å². The molecule has 0 bridgehead atoms. The molecule has 0 N–H and O–H groups in total. The predicted molar refractivity (Wildman–Crippen MR) is 65.8 cm³/mol. The van der Waals surface area contributed by atoms with Crippen molar-refractivity contribution in [3.8, 4) is 0 Å². The third-order valence-electron chi connectivity index (χ3n) is 3.02. The van der Waals surface area contributed by atoms with Crippen LogP contribution in [0.3, 0.4) is 0 Å². The molecule has 0 aliphatic carbocycles. The maximum Gasteiger partial charge on any atom is 0.246 e. The SMILES string of the molecule is CON(C)C(=O)CCc1cccc2c1CN=C2. The van der Waals surface area contributed by atoms with Crippen LogP contribution < -0.4 is 0 Å². The van der Waals surface area contributed by atoms with Crippen molar-refractivity contribution in [3.63, 3.8) is 0 Å². The molecule has 4 heteroatoms. The number of carbonyl (C=O) groups is 1. The highest BCUT2D eigenvalue weighted by Gasteiger charge is 2.13. The van der Waals surface area contributed by atoms with Gasteiger partial charge < -0.3 is 0 Å². The molecule has 1 aromatic carbocycles. The highest BCUT2D eigenvalue weighted by atomic mass is 16.7. The van der Waals surface area contributed by atoms with E-state index < -0.39 is 0 Å². The first kappa shape index (κ1) is 11.8. The number of fused-ring (bicyclic) bond motifs is 1. The molecule has 1 aliphatic heterocycles. The number of aliphatic imine (C=N–C) groups is 1. The van der Waals surface area contributed by atoms with E-state index in [1.54, 1.807) is 7.05 Å². The lowest BCUT2D eigenvalue weighted by molar-refractivity contribution is -0.168. The zero-order chi connectivity index (χ0) is 12.3. The van der Waals surface area contributed by atoms with E-state index in [0.717, 1.165) is 13.0 Å². The third-order valence-corrected chi connectivity index (χ3v) is 3.02. The lowest BCUT2D eigenvalue weighted by Gasteiger charge is -2.14. The molecule has 1 amide bonds. The highest BCUT2D eigenvalue weighted by molar-refractivity contribution is 5.85. The number of hydrogen-bond acceptors (Lipinski definition) is 3. The van der Waals surface area contributed by atoms with Gasteiger partial charge in [-0.3, -0.25) is 14.6 Å². The first-order valence-corrected chi connectivity index (χ1v) is 5.63. The van der Waals surface area contributed by atoms with Crippen molar-refractivity contribution in [2.75, 3.05) is 14.2 Å². The number of hydrogen-bond donors (Lipinski definition) is 0. The van der Waals surface area contributed by atoms with E-state index in [9.17, 15) is 4.79 Å². The summed E-state index contributed by atoms with van der Waals surface area (Å²) in [4.78, 5) is 20.7. The first-order chi connectivity index (χ1) is 8.22. The van der Waals surface area contributed by atoms with Crippen molar-refractivity contribution in [1.82, 2.24) is 5.06 Å². The molecule has 0 unspecified atom stereocenters. The standard InChI is InChI=1S/C13H16N2O2/c1-15(17-2)13(16)7-6-10-4-3-5-11-8-14-9-12(10)11/h3-5,8H,6-7,9H2,1-2H3. The van der Waals surface area contributed by atoms with Crippen LogP contribution in [-0.4, -0.2) is 31.3 Å². The lowest BCUT2D eigenvalue weighted by Crippen LogP contribution is -2.25. The van der Waals surface area contributed by atoms with Gasteiger partial charge in [0.25, 0.3) is 0 Å². The normalized spacial score (nSPS) is 12.6. The van der Waals surface area contributed by atoms with Crippen molar-refractivity contribution in [2.45, 2.75) is 19.4 Å². The smallest absolute Gasteiger partial charge is 0.246 e. The molecule has 4 nitrogen and oxygen atoms in total. The van der Waals surface area contributed by atoms with Gasteiger partial charge in [-0.05, 0) is 23.1 Å². The van der Waals surface area contributed by atoms with Gasteiger partial charge in [0.2, 0.25) is 5.91 Å². The second kappa shape index (κ2) is 5.10. The van der Waals surface area contributed by atoms with Crippen LogP contribution in [0.25, 0.3) is 0 Å². The third kappa shape index (κ3) is 2.53. The number of nitrogens with zero attached hydrogens (tertiary/aromatic N) is 2. The van der Waals surface area contributed by atoms with Crippen molar-refractivity contribution < 1.29 is 9.63 Å². The Morgan fingerprint density at radius 1 is 1.53 bits per heavy atom. The summed E-state index contributed by atoms with van der Waals surface area (Å²) in [5.41, 5.74) is 3.63. The number of benzene rings is 1. The van der Waals surface area contributed by atoms with E-state index in [-0.39, 0.29) is 5.91 Å². The summed E-state index contributed by atoms with van der Waals surface area (Å²) in [6.07, 6.45) is 3.09. The van der Waals surface area contributed by atoms with Crippen LogP contribution in [0.1, 0.15) is 23.1 Å². The maximum absolute atomic E-state index is 11.6. The molecule has 0 saturated heterocycles. The van der Waals surface area contributed by atoms with Crippen molar-refractivity contribution in [3.05, 3.63) is 34.9 Å². The van der Waals surface area contributed by atoms with Gasteiger partial charge in [-0.15, -0.1) is 0 Å². The summed E-state index contributed by atoms with van der Waals surface area (Å²) < 4.78 is 0. The zero-order valence-corrected chi connectivity index (χ0v) is 10.1. The minimum absolute atomic E-state index is 0.0102. The Labute approximate surface area is 101 Å². The summed E-state index contributed by atoms with van der Waals surface area (Å²) in [7, 11) is 3.12. The molecule has 90 valence electrons. The van der Waals surface area contributed by atoms with Gasteiger partial charge in [0, 0.05) is 19.7 Å². The van der Waals surface area contributed by atoms with Gasteiger partial charge in [0.05, 0.1) is 13.7 Å². The fourth-order valence-corrected chi connectivity index (χ4v) is 1.94.